The maximum Gasteiger partial charge on any atom is 0.0619 e. The molecule has 2 bridgehead atoms. The SMILES string of the molecule is CC=C1[C@@H]2CC(C)=C[C@@]1(N)Cc1[nH]ncc12. The predicted octanol–water partition coefficient (Wildman–Crippen LogP) is 2.04. The van der Waals surface area contributed by atoms with Gasteiger partial charge in [-0.1, -0.05) is 17.7 Å². The maximum absolute atomic E-state index is 6.53. The minimum absolute atomic E-state index is 0.290. The first kappa shape index (κ1) is 9.85. The van der Waals surface area contributed by atoms with Crippen molar-refractivity contribution in [1.82, 2.24) is 10.2 Å². The van der Waals surface area contributed by atoms with Crippen molar-refractivity contribution in [3.63, 3.8) is 0 Å². The molecular weight excluding hydrogens is 198 g/mol. The third-order valence-electron chi connectivity index (χ3n) is 3.85. The molecule has 0 unspecified atom stereocenters. The summed E-state index contributed by atoms with van der Waals surface area (Å²) in [5, 5.41) is 7.24. The van der Waals surface area contributed by atoms with Crippen LogP contribution < -0.4 is 5.73 Å². The van der Waals surface area contributed by atoms with Crippen LogP contribution in [0.4, 0.5) is 0 Å². The summed E-state index contributed by atoms with van der Waals surface area (Å²) in [5.74, 6) is 0.433. The molecule has 0 saturated carbocycles. The van der Waals surface area contributed by atoms with E-state index in [0.717, 1.165) is 12.8 Å². The van der Waals surface area contributed by atoms with Gasteiger partial charge >= 0.3 is 0 Å². The standard InChI is InChI=1S/C13H17N3/c1-3-11-9-4-8(2)5-13(11,14)6-12-10(9)7-15-16-12/h3,5,7,9H,4,6,14H2,1-2H3,(H,15,16)/t9-,13-/m1/s1. The topological polar surface area (TPSA) is 54.7 Å². The van der Waals surface area contributed by atoms with E-state index in [0.29, 0.717) is 5.92 Å². The average molecular weight is 215 g/mol. The van der Waals surface area contributed by atoms with Gasteiger partial charge in [0.25, 0.3) is 0 Å². The molecule has 84 valence electrons. The minimum Gasteiger partial charge on any atom is -0.318 e. The number of nitrogens with one attached hydrogen (secondary N) is 1. The lowest BCUT2D eigenvalue weighted by molar-refractivity contribution is 0.486. The first-order valence-corrected chi connectivity index (χ1v) is 5.80. The van der Waals surface area contributed by atoms with Gasteiger partial charge in [-0.3, -0.25) is 5.10 Å². The van der Waals surface area contributed by atoms with Crippen molar-refractivity contribution in [2.75, 3.05) is 0 Å². The van der Waals surface area contributed by atoms with E-state index in [1.807, 2.05) is 6.20 Å². The first-order chi connectivity index (χ1) is 7.64. The van der Waals surface area contributed by atoms with Crippen LogP contribution in [-0.2, 0) is 6.42 Å². The highest BCUT2D eigenvalue weighted by atomic mass is 15.1. The Kier molecular flexibility index (Phi) is 1.89. The van der Waals surface area contributed by atoms with Gasteiger partial charge in [-0.15, -0.1) is 0 Å². The second kappa shape index (κ2) is 3.08. The molecule has 2 aliphatic rings. The van der Waals surface area contributed by atoms with E-state index >= 15 is 0 Å². The van der Waals surface area contributed by atoms with E-state index in [1.54, 1.807) is 0 Å². The monoisotopic (exact) mass is 215 g/mol. The van der Waals surface area contributed by atoms with Crippen LogP contribution in [0.5, 0.6) is 0 Å². The molecule has 0 fully saturated rings. The Bertz CT molecular complexity index is 495. The molecule has 1 heterocycles. The Labute approximate surface area is 95.4 Å². The second-order valence-corrected chi connectivity index (χ2v) is 5.01. The first-order valence-electron chi connectivity index (χ1n) is 5.80. The molecule has 0 radical (unpaired) electrons. The van der Waals surface area contributed by atoms with Crippen molar-refractivity contribution >= 4 is 0 Å². The number of hydrogen-bond donors (Lipinski definition) is 2. The van der Waals surface area contributed by atoms with Crippen LogP contribution in [0.1, 0.15) is 37.4 Å². The van der Waals surface area contributed by atoms with Crippen molar-refractivity contribution in [1.29, 1.82) is 0 Å². The predicted molar refractivity (Wildman–Crippen MR) is 64.1 cm³/mol. The zero-order valence-electron chi connectivity index (χ0n) is 9.75. The zero-order chi connectivity index (χ0) is 11.3. The van der Waals surface area contributed by atoms with E-state index in [4.69, 9.17) is 5.73 Å². The number of aromatic nitrogens is 2. The van der Waals surface area contributed by atoms with Crippen LogP contribution in [0.2, 0.25) is 0 Å². The molecule has 2 atom stereocenters. The quantitative estimate of drug-likeness (QED) is 0.651. The number of allylic oxidation sites excluding steroid dienone is 2. The summed E-state index contributed by atoms with van der Waals surface area (Å²) in [6.45, 7) is 4.26. The summed E-state index contributed by atoms with van der Waals surface area (Å²) in [6.07, 6.45) is 8.29. The van der Waals surface area contributed by atoms with Gasteiger partial charge in [0.1, 0.15) is 0 Å². The summed E-state index contributed by atoms with van der Waals surface area (Å²) in [6, 6.07) is 0. The van der Waals surface area contributed by atoms with Crippen molar-refractivity contribution < 1.29 is 0 Å². The van der Waals surface area contributed by atoms with E-state index in [9.17, 15) is 0 Å². The van der Waals surface area contributed by atoms with E-state index in [1.165, 1.54) is 22.4 Å². The molecule has 3 nitrogen and oxygen atoms in total. The summed E-state index contributed by atoms with van der Waals surface area (Å²) in [5.41, 5.74) is 11.5. The molecule has 0 aromatic carbocycles. The van der Waals surface area contributed by atoms with Crippen LogP contribution in [0.25, 0.3) is 0 Å². The number of fused-ring (bicyclic) bond motifs is 4. The van der Waals surface area contributed by atoms with Crippen LogP contribution in [0, 0.1) is 0 Å². The van der Waals surface area contributed by atoms with Gasteiger partial charge in [-0.2, -0.15) is 5.10 Å². The van der Waals surface area contributed by atoms with Gasteiger partial charge in [0.05, 0.1) is 11.7 Å². The highest BCUT2D eigenvalue weighted by Gasteiger charge is 2.42. The molecule has 1 aromatic rings. The van der Waals surface area contributed by atoms with Crippen LogP contribution in [0.15, 0.2) is 29.5 Å². The second-order valence-electron chi connectivity index (χ2n) is 5.01. The molecule has 3 N–H and O–H groups in total. The van der Waals surface area contributed by atoms with Gasteiger partial charge in [0.15, 0.2) is 0 Å². The lowest BCUT2D eigenvalue weighted by Gasteiger charge is -2.43. The number of hydrogen-bond acceptors (Lipinski definition) is 2. The van der Waals surface area contributed by atoms with E-state index in [2.05, 4.69) is 36.2 Å². The summed E-state index contributed by atoms with van der Waals surface area (Å²) in [7, 11) is 0. The Morgan fingerprint density at radius 1 is 1.62 bits per heavy atom. The molecule has 0 aliphatic heterocycles. The summed E-state index contributed by atoms with van der Waals surface area (Å²) < 4.78 is 0. The summed E-state index contributed by atoms with van der Waals surface area (Å²) >= 11 is 0. The molecule has 3 rings (SSSR count). The number of aromatic amines is 1. The molecular formula is C13H17N3. The smallest absolute Gasteiger partial charge is 0.0619 e. The van der Waals surface area contributed by atoms with Gasteiger partial charge in [0.2, 0.25) is 0 Å². The van der Waals surface area contributed by atoms with Gasteiger partial charge in [-0.05, 0) is 25.8 Å². The molecule has 2 aliphatic carbocycles. The Hall–Kier alpha value is -1.35. The zero-order valence-corrected chi connectivity index (χ0v) is 9.75. The van der Waals surface area contributed by atoms with Crippen LogP contribution in [0.3, 0.4) is 0 Å². The number of nitrogens with two attached hydrogens (primary N) is 1. The fourth-order valence-electron chi connectivity index (χ4n) is 3.30. The third-order valence-corrected chi connectivity index (χ3v) is 3.85. The van der Waals surface area contributed by atoms with Gasteiger partial charge in [-0.25, -0.2) is 0 Å². The third kappa shape index (κ3) is 1.15. The number of rotatable bonds is 0. The minimum atomic E-state index is -0.290. The van der Waals surface area contributed by atoms with Gasteiger partial charge in [0, 0.05) is 23.6 Å². The Balaban J connectivity index is 2.23. The largest absolute Gasteiger partial charge is 0.318 e. The van der Waals surface area contributed by atoms with Gasteiger partial charge < -0.3 is 5.73 Å². The lowest BCUT2D eigenvalue weighted by atomic mass is 9.65. The molecule has 3 heteroatoms. The molecule has 1 aromatic heterocycles. The van der Waals surface area contributed by atoms with Crippen LogP contribution >= 0.6 is 0 Å². The Morgan fingerprint density at radius 2 is 2.44 bits per heavy atom. The van der Waals surface area contributed by atoms with Crippen molar-refractivity contribution in [2.45, 2.75) is 38.1 Å². The molecule has 0 spiro atoms. The molecule has 16 heavy (non-hydrogen) atoms. The van der Waals surface area contributed by atoms with E-state index in [-0.39, 0.29) is 5.54 Å². The highest BCUT2D eigenvalue weighted by molar-refractivity contribution is 5.50. The molecule has 0 saturated heterocycles. The fraction of sp³-hybridized carbons (Fsp3) is 0.462. The highest BCUT2D eigenvalue weighted by Crippen LogP contribution is 2.47. The van der Waals surface area contributed by atoms with Crippen molar-refractivity contribution in [2.24, 2.45) is 5.73 Å². The van der Waals surface area contributed by atoms with Crippen molar-refractivity contribution in [3.05, 3.63) is 40.8 Å². The Morgan fingerprint density at radius 3 is 3.19 bits per heavy atom. The summed E-state index contributed by atoms with van der Waals surface area (Å²) in [4.78, 5) is 0. The average Bonchev–Trinajstić information content (AvgIpc) is 2.63. The van der Waals surface area contributed by atoms with Crippen molar-refractivity contribution in [3.8, 4) is 0 Å². The lowest BCUT2D eigenvalue weighted by Crippen LogP contribution is -2.49. The number of nitrogens with zero attached hydrogens (tertiary/aromatic N) is 1. The normalized spacial score (nSPS) is 34.8. The molecule has 0 amide bonds. The number of H-pyrrole nitrogens is 1. The van der Waals surface area contributed by atoms with Crippen LogP contribution in [-0.4, -0.2) is 15.7 Å². The fourth-order valence-corrected chi connectivity index (χ4v) is 3.30. The maximum atomic E-state index is 6.53. The van der Waals surface area contributed by atoms with E-state index < -0.39 is 0 Å².